The highest BCUT2D eigenvalue weighted by molar-refractivity contribution is 14.1. The van der Waals surface area contributed by atoms with E-state index in [9.17, 15) is 10.1 Å². The van der Waals surface area contributed by atoms with Gasteiger partial charge >= 0.3 is 0 Å². The molecule has 0 atom stereocenters. The summed E-state index contributed by atoms with van der Waals surface area (Å²) >= 11 is 5.61. The maximum Gasteiger partial charge on any atom is 0.269 e. The van der Waals surface area contributed by atoms with E-state index in [4.69, 9.17) is 4.74 Å². The van der Waals surface area contributed by atoms with Crippen molar-refractivity contribution in [2.45, 2.75) is 0 Å². The number of benzene rings is 2. The van der Waals surface area contributed by atoms with Gasteiger partial charge in [0.15, 0.2) is 0 Å². The lowest BCUT2D eigenvalue weighted by Crippen LogP contribution is -1.96. The maximum absolute atomic E-state index is 10.6. The zero-order valence-corrected chi connectivity index (χ0v) is 15.2. The average molecular weight is 476 g/mol. The number of halogens is 2. The lowest BCUT2D eigenvalue weighted by atomic mass is 10.2. The van der Waals surface area contributed by atoms with E-state index in [-0.39, 0.29) is 5.69 Å². The van der Waals surface area contributed by atoms with Gasteiger partial charge in [-0.25, -0.2) is 0 Å². The summed E-state index contributed by atoms with van der Waals surface area (Å²) < 4.78 is 7.24. The van der Waals surface area contributed by atoms with E-state index in [0.29, 0.717) is 5.69 Å². The molecule has 0 bridgehead atoms. The highest BCUT2D eigenvalue weighted by Gasteiger charge is 2.07. The Morgan fingerprint density at radius 2 is 2.05 bits per heavy atom. The molecule has 0 aliphatic carbocycles. The topological polar surface area (TPSA) is 76.8 Å². The standard InChI is InChI=1S/C14H11BrIN3O3/c1-22-14-9(6-10(15)7-13(14)16)8-17-18-11-2-4-12(5-3-11)19(20)21/h2-8,18H,1H3/b17-8-. The van der Waals surface area contributed by atoms with E-state index < -0.39 is 4.92 Å². The summed E-state index contributed by atoms with van der Waals surface area (Å²) in [4.78, 5) is 10.1. The Balaban J connectivity index is 2.14. The number of nitrogens with zero attached hydrogens (tertiary/aromatic N) is 2. The van der Waals surface area contributed by atoms with Gasteiger partial charge in [-0.3, -0.25) is 15.5 Å². The number of nitrogens with one attached hydrogen (secondary N) is 1. The second-order valence-corrected chi connectivity index (χ2v) is 6.26. The number of methoxy groups -OCH3 is 1. The van der Waals surface area contributed by atoms with Crippen LogP contribution in [0.5, 0.6) is 5.75 Å². The highest BCUT2D eigenvalue weighted by atomic mass is 127. The second-order valence-electron chi connectivity index (χ2n) is 4.18. The third kappa shape index (κ3) is 4.17. The molecule has 114 valence electrons. The largest absolute Gasteiger partial charge is 0.495 e. The molecule has 0 aromatic heterocycles. The van der Waals surface area contributed by atoms with Crippen molar-refractivity contribution in [1.29, 1.82) is 0 Å². The fraction of sp³-hybridized carbons (Fsp3) is 0.0714. The fourth-order valence-electron chi connectivity index (χ4n) is 1.73. The smallest absolute Gasteiger partial charge is 0.269 e. The average Bonchev–Trinajstić information content (AvgIpc) is 2.47. The fourth-order valence-corrected chi connectivity index (χ4v) is 3.50. The minimum atomic E-state index is -0.443. The molecule has 2 aromatic rings. The number of hydrogen-bond donors (Lipinski definition) is 1. The molecule has 0 heterocycles. The number of anilines is 1. The summed E-state index contributed by atoms with van der Waals surface area (Å²) in [6, 6.07) is 9.86. The first-order chi connectivity index (χ1) is 10.5. The molecule has 1 N–H and O–H groups in total. The molecule has 0 aliphatic heterocycles. The van der Waals surface area contributed by atoms with Gasteiger partial charge in [-0.2, -0.15) is 5.10 Å². The van der Waals surface area contributed by atoms with Gasteiger partial charge < -0.3 is 4.74 Å². The van der Waals surface area contributed by atoms with Crippen molar-refractivity contribution in [3.8, 4) is 5.75 Å². The van der Waals surface area contributed by atoms with Gasteiger partial charge in [0.1, 0.15) is 5.75 Å². The number of hydrazone groups is 1. The first-order valence-electron chi connectivity index (χ1n) is 6.08. The molecule has 0 amide bonds. The van der Waals surface area contributed by atoms with Gasteiger partial charge in [0.05, 0.1) is 27.5 Å². The monoisotopic (exact) mass is 475 g/mol. The van der Waals surface area contributed by atoms with Gasteiger partial charge in [-0.15, -0.1) is 0 Å². The van der Waals surface area contributed by atoms with Crippen molar-refractivity contribution in [3.63, 3.8) is 0 Å². The van der Waals surface area contributed by atoms with Crippen LogP contribution in [0.25, 0.3) is 0 Å². The van der Waals surface area contributed by atoms with Crippen LogP contribution in [0.3, 0.4) is 0 Å². The van der Waals surface area contributed by atoms with Crippen molar-refractivity contribution >= 4 is 56.1 Å². The predicted octanol–water partition coefficient (Wildman–Crippen LogP) is 4.42. The summed E-state index contributed by atoms with van der Waals surface area (Å²) in [5, 5.41) is 14.7. The molecule has 2 aromatic carbocycles. The quantitative estimate of drug-likeness (QED) is 0.300. The number of ether oxygens (including phenoxy) is 1. The molecule has 0 saturated carbocycles. The van der Waals surface area contributed by atoms with Gasteiger partial charge in [0.25, 0.3) is 5.69 Å². The van der Waals surface area contributed by atoms with Crippen LogP contribution in [-0.2, 0) is 0 Å². The first kappa shape index (κ1) is 16.7. The van der Waals surface area contributed by atoms with Crippen LogP contribution in [0.1, 0.15) is 5.56 Å². The molecule has 6 nitrogen and oxygen atoms in total. The predicted molar refractivity (Wildman–Crippen MR) is 97.7 cm³/mol. The van der Waals surface area contributed by atoms with Crippen LogP contribution in [0.15, 0.2) is 46.0 Å². The third-order valence-electron chi connectivity index (χ3n) is 2.72. The molecule has 2 rings (SSSR count). The number of rotatable bonds is 5. The number of nitro benzene ring substituents is 1. The van der Waals surface area contributed by atoms with Crippen LogP contribution >= 0.6 is 38.5 Å². The summed E-state index contributed by atoms with van der Waals surface area (Å²) in [6.07, 6.45) is 1.63. The molecule has 22 heavy (non-hydrogen) atoms. The third-order valence-corrected chi connectivity index (χ3v) is 3.98. The Bertz CT molecular complexity index is 720. The maximum atomic E-state index is 10.6. The summed E-state index contributed by atoms with van der Waals surface area (Å²) in [5.41, 5.74) is 4.34. The Labute approximate surface area is 149 Å². The molecule has 0 fully saturated rings. The van der Waals surface area contributed by atoms with Crippen LogP contribution < -0.4 is 10.2 Å². The minimum absolute atomic E-state index is 0.0396. The molecular weight excluding hydrogens is 465 g/mol. The van der Waals surface area contributed by atoms with E-state index in [0.717, 1.165) is 19.4 Å². The lowest BCUT2D eigenvalue weighted by molar-refractivity contribution is -0.384. The summed E-state index contributed by atoms with van der Waals surface area (Å²) in [5.74, 6) is 0.734. The number of nitro groups is 1. The molecule has 0 radical (unpaired) electrons. The Hall–Kier alpha value is -1.68. The van der Waals surface area contributed by atoms with E-state index >= 15 is 0 Å². The molecule has 0 unspecified atom stereocenters. The zero-order chi connectivity index (χ0) is 16.1. The van der Waals surface area contributed by atoms with Crippen LogP contribution in [-0.4, -0.2) is 18.2 Å². The van der Waals surface area contributed by atoms with Crippen LogP contribution in [0, 0.1) is 13.7 Å². The molecular formula is C14H11BrIN3O3. The Morgan fingerprint density at radius 3 is 2.64 bits per heavy atom. The summed E-state index contributed by atoms with van der Waals surface area (Å²) in [6.45, 7) is 0. The SMILES string of the molecule is COc1c(I)cc(Br)cc1/C=N\Nc1ccc([N+](=O)[O-])cc1. The van der Waals surface area contributed by atoms with E-state index in [1.165, 1.54) is 12.1 Å². The minimum Gasteiger partial charge on any atom is -0.495 e. The van der Waals surface area contributed by atoms with Crippen molar-refractivity contribution in [3.05, 3.63) is 60.1 Å². The van der Waals surface area contributed by atoms with E-state index in [1.54, 1.807) is 25.5 Å². The molecule has 0 spiro atoms. The van der Waals surface area contributed by atoms with Gasteiger partial charge in [0, 0.05) is 22.2 Å². The second kappa shape index (κ2) is 7.54. The number of hydrogen-bond acceptors (Lipinski definition) is 5. The van der Waals surface area contributed by atoms with Crippen LogP contribution in [0.2, 0.25) is 0 Å². The molecule has 0 saturated heterocycles. The van der Waals surface area contributed by atoms with Gasteiger partial charge in [-0.05, 0) is 46.9 Å². The van der Waals surface area contributed by atoms with Crippen molar-refractivity contribution in [2.75, 3.05) is 12.5 Å². The van der Waals surface area contributed by atoms with Crippen molar-refractivity contribution < 1.29 is 9.66 Å². The normalized spacial score (nSPS) is 10.7. The van der Waals surface area contributed by atoms with E-state index in [2.05, 4.69) is 49.0 Å². The Kier molecular flexibility index (Phi) is 5.72. The highest BCUT2D eigenvalue weighted by Crippen LogP contribution is 2.28. The molecule has 8 heteroatoms. The van der Waals surface area contributed by atoms with Crippen molar-refractivity contribution in [2.24, 2.45) is 5.10 Å². The molecule has 0 aliphatic rings. The van der Waals surface area contributed by atoms with E-state index in [1.807, 2.05) is 12.1 Å². The lowest BCUT2D eigenvalue weighted by Gasteiger charge is -2.08. The zero-order valence-electron chi connectivity index (χ0n) is 11.4. The summed E-state index contributed by atoms with van der Waals surface area (Å²) in [7, 11) is 1.60. The van der Waals surface area contributed by atoms with Gasteiger partial charge in [-0.1, -0.05) is 15.9 Å². The number of non-ortho nitro benzene ring substituents is 1. The first-order valence-corrected chi connectivity index (χ1v) is 7.95. The van der Waals surface area contributed by atoms with Crippen LogP contribution in [0.4, 0.5) is 11.4 Å². The Morgan fingerprint density at radius 1 is 1.36 bits per heavy atom. The van der Waals surface area contributed by atoms with Crippen molar-refractivity contribution in [1.82, 2.24) is 0 Å². The van der Waals surface area contributed by atoms with Gasteiger partial charge in [0.2, 0.25) is 0 Å².